The highest BCUT2D eigenvalue weighted by molar-refractivity contribution is 5.86. The number of rotatable bonds is 2. The molecule has 17 heavy (non-hydrogen) atoms. The summed E-state index contributed by atoms with van der Waals surface area (Å²) in [5, 5.41) is 4.31. The van der Waals surface area contributed by atoms with E-state index in [0.717, 1.165) is 18.4 Å². The van der Waals surface area contributed by atoms with Gasteiger partial charge < -0.3 is 10.3 Å². The van der Waals surface area contributed by atoms with Crippen molar-refractivity contribution in [2.75, 3.05) is 13.6 Å². The van der Waals surface area contributed by atoms with Crippen molar-refractivity contribution < 1.29 is 4.39 Å². The molecule has 0 aliphatic heterocycles. The number of hydrogen-bond acceptors (Lipinski definition) is 1. The standard InChI is InChI=1S/C14H17FN2/c1-16-8-9-4-2-7-12-13(9)10-5-3-6-11(15)14(10)17-12/h3,5-6,9,16-17H,2,4,7-8H2,1H3. The molecule has 1 aromatic heterocycles. The molecule has 2 aromatic rings. The van der Waals surface area contributed by atoms with Gasteiger partial charge in [0.25, 0.3) is 0 Å². The van der Waals surface area contributed by atoms with Gasteiger partial charge in [-0.25, -0.2) is 4.39 Å². The van der Waals surface area contributed by atoms with Crippen molar-refractivity contribution in [1.29, 1.82) is 0 Å². The molecule has 1 aromatic carbocycles. The van der Waals surface area contributed by atoms with Gasteiger partial charge in [-0.3, -0.25) is 0 Å². The zero-order valence-corrected chi connectivity index (χ0v) is 10.0. The van der Waals surface area contributed by atoms with Gasteiger partial charge in [0.05, 0.1) is 5.52 Å². The molecule has 1 aliphatic carbocycles. The maximum atomic E-state index is 13.7. The highest BCUT2D eigenvalue weighted by Crippen LogP contribution is 2.37. The monoisotopic (exact) mass is 232 g/mol. The van der Waals surface area contributed by atoms with Gasteiger partial charge >= 0.3 is 0 Å². The zero-order valence-electron chi connectivity index (χ0n) is 10.0. The minimum Gasteiger partial charge on any atom is -0.356 e. The van der Waals surface area contributed by atoms with Gasteiger partial charge in [-0.05, 0) is 43.9 Å². The van der Waals surface area contributed by atoms with Gasteiger partial charge in [0.2, 0.25) is 0 Å². The highest BCUT2D eigenvalue weighted by atomic mass is 19.1. The van der Waals surface area contributed by atoms with E-state index in [4.69, 9.17) is 0 Å². The largest absolute Gasteiger partial charge is 0.356 e. The van der Waals surface area contributed by atoms with E-state index in [1.54, 1.807) is 6.07 Å². The van der Waals surface area contributed by atoms with Gasteiger partial charge in [0.15, 0.2) is 0 Å². The predicted molar refractivity (Wildman–Crippen MR) is 67.9 cm³/mol. The molecule has 0 radical (unpaired) electrons. The summed E-state index contributed by atoms with van der Waals surface area (Å²) in [6.45, 7) is 0.969. The van der Waals surface area contributed by atoms with Crippen LogP contribution in [0.15, 0.2) is 18.2 Å². The maximum absolute atomic E-state index is 13.7. The van der Waals surface area contributed by atoms with Crippen LogP contribution in [0.3, 0.4) is 0 Å². The fraction of sp³-hybridized carbons (Fsp3) is 0.429. The van der Waals surface area contributed by atoms with Crippen molar-refractivity contribution in [2.45, 2.75) is 25.2 Å². The molecule has 0 saturated carbocycles. The van der Waals surface area contributed by atoms with Crippen LogP contribution in [0.25, 0.3) is 10.9 Å². The Morgan fingerprint density at radius 1 is 1.47 bits per heavy atom. The number of fused-ring (bicyclic) bond motifs is 3. The second-order valence-electron chi connectivity index (χ2n) is 4.83. The molecule has 2 N–H and O–H groups in total. The summed E-state index contributed by atoms with van der Waals surface area (Å²) in [7, 11) is 1.98. The summed E-state index contributed by atoms with van der Waals surface area (Å²) >= 11 is 0. The van der Waals surface area contributed by atoms with E-state index in [-0.39, 0.29) is 5.82 Å². The number of nitrogens with one attached hydrogen (secondary N) is 2. The minimum atomic E-state index is -0.139. The maximum Gasteiger partial charge on any atom is 0.147 e. The minimum absolute atomic E-state index is 0.139. The third-order valence-electron chi connectivity index (χ3n) is 3.74. The molecular weight excluding hydrogens is 215 g/mol. The number of hydrogen-bond donors (Lipinski definition) is 2. The van der Waals surface area contributed by atoms with Gasteiger partial charge in [-0.15, -0.1) is 0 Å². The average Bonchev–Trinajstić information content (AvgIpc) is 2.71. The van der Waals surface area contributed by atoms with Crippen molar-refractivity contribution in [1.82, 2.24) is 10.3 Å². The molecule has 0 bridgehead atoms. The van der Waals surface area contributed by atoms with Gasteiger partial charge in [0.1, 0.15) is 5.82 Å². The summed E-state index contributed by atoms with van der Waals surface area (Å²) in [4.78, 5) is 3.27. The van der Waals surface area contributed by atoms with E-state index in [1.165, 1.54) is 30.2 Å². The molecule has 1 unspecified atom stereocenters. The van der Waals surface area contributed by atoms with Crippen LogP contribution in [0.2, 0.25) is 0 Å². The fourth-order valence-electron chi connectivity index (χ4n) is 3.04. The van der Waals surface area contributed by atoms with Crippen molar-refractivity contribution in [3.8, 4) is 0 Å². The first-order valence-electron chi connectivity index (χ1n) is 6.25. The number of aromatic nitrogens is 1. The molecular formula is C14H17FN2. The lowest BCUT2D eigenvalue weighted by Gasteiger charge is -2.22. The fourth-order valence-corrected chi connectivity index (χ4v) is 3.04. The van der Waals surface area contributed by atoms with E-state index >= 15 is 0 Å². The molecule has 3 heteroatoms. The van der Waals surface area contributed by atoms with Crippen molar-refractivity contribution in [3.63, 3.8) is 0 Å². The number of halogens is 1. The number of H-pyrrole nitrogens is 1. The van der Waals surface area contributed by atoms with Crippen molar-refractivity contribution >= 4 is 10.9 Å². The Balaban J connectivity index is 2.20. The third kappa shape index (κ3) is 1.65. The van der Waals surface area contributed by atoms with Crippen LogP contribution in [0.4, 0.5) is 4.39 Å². The summed E-state index contributed by atoms with van der Waals surface area (Å²) in [5.41, 5.74) is 3.25. The Bertz CT molecular complexity index is 544. The second kappa shape index (κ2) is 4.15. The molecule has 0 saturated heterocycles. The van der Waals surface area contributed by atoms with Crippen LogP contribution in [0.5, 0.6) is 0 Å². The quantitative estimate of drug-likeness (QED) is 0.818. The van der Waals surface area contributed by atoms with Gasteiger partial charge in [-0.2, -0.15) is 0 Å². The molecule has 90 valence electrons. The molecule has 3 rings (SSSR count). The molecule has 0 spiro atoms. The van der Waals surface area contributed by atoms with E-state index in [1.807, 2.05) is 13.1 Å². The lowest BCUT2D eigenvalue weighted by Crippen LogP contribution is -2.20. The van der Waals surface area contributed by atoms with Crippen LogP contribution in [0, 0.1) is 5.82 Å². The van der Waals surface area contributed by atoms with Gasteiger partial charge in [-0.1, -0.05) is 12.1 Å². The van der Waals surface area contributed by atoms with Crippen LogP contribution >= 0.6 is 0 Å². The molecule has 0 fully saturated rings. The Labute approximate surface area is 100 Å². The first-order chi connectivity index (χ1) is 8.31. The molecule has 1 heterocycles. The van der Waals surface area contributed by atoms with Crippen LogP contribution in [-0.4, -0.2) is 18.6 Å². The number of likely N-dealkylation sites (N-methyl/N-ethyl adjacent to an activating group) is 1. The molecule has 1 aliphatic rings. The topological polar surface area (TPSA) is 27.8 Å². The Morgan fingerprint density at radius 3 is 3.18 bits per heavy atom. The first-order valence-corrected chi connectivity index (χ1v) is 6.25. The molecule has 1 atom stereocenters. The summed E-state index contributed by atoms with van der Waals surface area (Å²) < 4.78 is 13.7. The average molecular weight is 232 g/mol. The predicted octanol–water partition coefficient (Wildman–Crippen LogP) is 2.95. The van der Waals surface area contributed by atoms with Crippen molar-refractivity contribution in [3.05, 3.63) is 35.3 Å². The normalized spacial score (nSPS) is 19.5. The lowest BCUT2D eigenvalue weighted by molar-refractivity contribution is 0.529. The summed E-state index contributed by atoms with van der Waals surface area (Å²) in [6, 6.07) is 5.36. The van der Waals surface area contributed by atoms with Crippen LogP contribution < -0.4 is 5.32 Å². The number of aryl methyl sites for hydroxylation is 1. The highest BCUT2D eigenvalue weighted by Gasteiger charge is 2.24. The van der Waals surface area contributed by atoms with Crippen LogP contribution in [0.1, 0.15) is 30.0 Å². The van der Waals surface area contributed by atoms with Gasteiger partial charge in [0, 0.05) is 17.6 Å². The number of benzene rings is 1. The Hall–Kier alpha value is -1.35. The SMILES string of the molecule is CNCC1CCCc2[nH]c3c(F)cccc3c21. The lowest BCUT2D eigenvalue weighted by atomic mass is 9.85. The summed E-state index contributed by atoms with van der Waals surface area (Å²) in [5.74, 6) is 0.374. The third-order valence-corrected chi connectivity index (χ3v) is 3.74. The smallest absolute Gasteiger partial charge is 0.147 e. The van der Waals surface area contributed by atoms with Crippen LogP contribution in [-0.2, 0) is 6.42 Å². The molecule has 0 amide bonds. The number of aromatic amines is 1. The Kier molecular flexibility index (Phi) is 2.63. The zero-order chi connectivity index (χ0) is 11.8. The first kappa shape index (κ1) is 10.8. The van der Waals surface area contributed by atoms with E-state index in [0.29, 0.717) is 11.4 Å². The van der Waals surface area contributed by atoms with Crippen molar-refractivity contribution in [2.24, 2.45) is 0 Å². The second-order valence-corrected chi connectivity index (χ2v) is 4.83. The summed E-state index contributed by atoms with van der Waals surface area (Å²) in [6.07, 6.45) is 3.43. The number of para-hydroxylation sites is 1. The Morgan fingerprint density at radius 2 is 2.35 bits per heavy atom. The van der Waals surface area contributed by atoms with E-state index < -0.39 is 0 Å². The van der Waals surface area contributed by atoms with E-state index in [9.17, 15) is 4.39 Å². The van der Waals surface area contributed by atoms with E-state index in [2.05, 4.69) is 10.3 Å². The molecule has 2 nitrogen and oxygen atoms in total.